The predicted octanol–water partition coefficient (Wildman–Crippen LogP) is 3.35. The van der Waals surface area contributed by atoms with Crippen molar-refractivity contribution in [3.8, 4) is 0 Å². The maximum atomic E-state index is 12.5. The van der Waals surface area contributed by atoms with Gasteiger partial charge in [0.25, 0.3) is 5.91 Å². The van der Waals surface area contributed by atoms with Crippen LogP contribution in [0.1, 0.15) is 11.6 Å². The fraction of sp³-hybridized carbons (Fsp3) is 0.278. The molecule has 3 rings (SSSR count). The van der Waals surface area contributed by atoms with Gasteiger partial charge in [0.2, 0.25) is 0 Å². The van der Waals surface area contributed by atoms with Crippen LogP contribution in [0.15, 0.2) is 54.6 Å². The van der Waals surface area contributed by atoms with Crippen molar-refractivity contribution in [2.45, 2.75) is 12.1 Å². The number of nitrogens with zero attached hydrogens (tertiary/aromatic N) is 1. The van der Waals surface area contributed by atoms with Gasteiger partial charge in [-0.05, 0) is 29.8 Å². The van der Waals surface area contributed by atoms with Crippen LogP contribution in [-0.2, 0) is 9.53 Å². The normalized spacial score (nSPS) is 19.5. The highest BCUT2D eigenvalue weighted by Crippen LogP contribution is 2.28. The van der Waals surface area contributed by atoms with Crippen molar-refractivity contribution in [2.24, 2.45) is 0 Å². The summed E-state index contributed by atoms with van der Waals surface area (Å²) >= 11 is 6.13. The summed E-state index contributed by atoms with van der Waals surface area (Å²) in [7, 11) is 1.80. The van der Waals surface area contributed by atoms with Crippen molar-refractivity contribution in [2.75, 3.05) is 25.5 Å². The molecule has 1 fully saturated rings. The van der Waals surface area contributed by atoms with Crippen LogP contribution >= 0.6 is 11.6 Å². The van der Waals surface area contributed by atoms with E-state index in [1.807, 2.05) is 54.6 Å². The molecule has 0 aromatic heterocycles. The van der Waals surface area contributed by atoms with E-state index in [-0.39, 0.29) is 11.9 Å². The SMILES string of the molecule is CN1CCOC(C(Nc2ccccc2)c2cccc(Cl)c2)C1=O. The highest BCUT2D eigenvalue weighted by Gasteiger charge is 2.35. The lowest BCUT2D eigenvalue weighted by atomic mass is 9.99. The van der Waals surface area contributed by atoms with Crippen molar-refractivity contribution in [1.82, 2.24) is 4.90 Å². The van der Waals surface area contributed by atoms with E-state index in [0.717, 1.165) is 11.3 Å². The van der Waals surface area contributed by atoms with Crippen LogP contribution in [0.25, 0.3) is 0 Å². The fourth-order valence-electron chi connectivity index (χ4n) is 2.70. The Morgan fingerprint density at radius 3 is 2.74 bits per heavy atom. The number of para-hydroxylation sites is 1. The minimum atomic E-state index is -0.576. The summed E-state index contributed by atoms with van der Waals surface area (Å²) in [6.07, 6.45) is -0.576. The molecule has 1 amide bonds. The monoisotopic (exact) mass is 330 g/mol. The van der Waals surface area contributed by atoms with Crippen molar-refractivity contribution in [3.63, 3.8) is 0 Å². The Balaban J connectivity index is 1.94. The number of ether oxygens (including phenoxy) is 1. The first-order chi connectivity index (χ1) is 11.1. The Bertz CT molecular complexity index is 678. The first-order valence-corrected chi connectivity index (χ1v) is 7.96. The zero-order valence-corrected chi connectivity index (χ0v) is 13.7. The molecule has 0 spiro atoms. The van der Waals surface area contributed by atoms with Gasteiger partial charge < -0.3 is 15.0 Å². The Morgan fingerprint density at radius 1 is 1.22 bits per heavy atom. The lowest BCUT2D eigenvalue weighted by Crippen LogP contribution is -2.49. The Hall–Kier alpha value is -2.04. The zero-order valence-electron chi connectivity index (χ0n) is 12.9. The lowest BCUT2D eigenvalue weighted by molar-refractivity contribution is -0.152. The highest BCUT2D eigenvalue weighted by molar-refractivity contribution is 6.30. The number of hydrogen-bond donors (Lipinski definition) is 1. The van der Waals surface area contributed by atoms with Crippen LogP contribution in [0, 0.1) is 0 Å². The van der Waals surface area contributed by atoms with Crippen LogP contribution in [0.2, 0.25) is 5.02 Å². The van der Waals surface area contributed by atoms with Gasteiger partial charge in [0, 0.05) is 24.3 Å². The number of carbonyl (C=O) groups excluding carboxylic acids is 1. The zero-order chi connectivity index (χ0) is 16.2. The third kappa shape index (κ3) is 3.66. The number of benzene rings is 2. The van der Waals surface area contributed by atoms with E-state index in [0.29, 0.717) is 18.2 Å². The second-order valence-electron chi connectivity index (χ2n) is 5.59. The first kappa shape index (κ1) is 15.8. The summed E-state index contributed by atoms with van der Waals surface area (Å²) in [5.41, 5.74) is 1.86. The molecule has 1 N–H and O–H groups in total. The number of anilines is 1. The molecule has 0 radical (unpaired) electrons. The van der Waals surface area contributed by atoms with Crippen molar-refractivity contribution in [3.05, 3.63) is 65.2 Å². The fourth-order valence-corrected chi connectivity index (χ4v) is 2.90. The number of nitrogens with one attached hydrogen (secondary N) is 1. The predicted molar refractivity (Wildman–Crippen MR) is 91.6 cm³/mol. The van der Waals surface area contributed by atoms with Crippen molar-refractivity contribution < 1.29 is 9.53 Å². The molecule has 120 valence electrons. The maximum absolute atomic E-state index is 12.5. The molecule has 0 aliphatic carbocycles. The third-order valence-corrected chi connectivity index (χ3v) is 4.19. The van der Waals surface area contributed by atoms with Gasteiger partial charge in [-0.1, -0.05) is 41.9 Å². The van der Waals surface area contributed by atoms with E-state index in [4.69, 9.17) is 16.3 Å². The summed E-state index contributed by atoms with van der Waals surface area (Å²) in [4.78, 5) is 14.2. The summed E-state index contributed by atoms with van der Waals surface area (Å²) in [5.74, 6) is -0.0235. The summed E-state index contributed by atoms with van der Waals surface area (Å²) < 4.78 is 5.79. The van der Waals surface area contributed by atoms with E-state index in [2.05, 4.69) is 5.32 Å². The Morgan fingerprint density at radius 2 is 2.00 bits per heavy atom. The molecule has 4 nitrogen and oxygen atoms in total. The van der Waals surface area contributed by atoms with Crippen LogP contribution in [-0.4, -0.2) is 37.1 Å². The molecule has 2 aromatic rings. The number of halogens is 1. The topological polar surface area (TPSA) is 41.6 Å². The number of carbonyl (C=O) groups is 1. The van der Waals surface area contributed by atoms with Gasteiger partial charge >= 0.3 is 0 Å². The van der Waals surface area contributed by atoms with Gasteiger partial charge in [0.1, 0.15) is 0 Å². The molecule has 0 bridgehead atoms. The van der Waals surface area contributed by atoms with Crippen LogP contribution in [0.3, 0.4) is 0 Å². The number of rotatable bonds is 4. The largest absolute Gasteiger partial charge is 0.375 e. The second-order valence-corrected chi connectivity index (χ2v) is 6.03. The van der Waals surface area contributed by atoms with Gasteiger partial charge in [-0.25, -0.2) is 0 Å². The number of morpholine rings is 1. The third-order valence-electron chi connectivity index (χ3n) is 3.95. The average Bonchev–Trinajstić information content (AvgIpc) is 2.56. The molecule has 1 heterocycles. The number of hydrogen-bond acceptors (Lipinski definition) is 3. The summed E-state index contributed by atoms with van der Waals surface area (Å²) in [6, 6.07) is 17.0. The Labute approximate surface area is 141 Å². The maximum Gasteiger partial charge on any atom is 0.254 e. The minimum Gasteiger partial charge on any atom is -0.375 e. The van der Waals surface area contributed by atoms with E-state index in [9.17, 15) is 4.79 Å². The molecule has 1 saturated heterocycles. The molecule has 2 aromatic carbocycles. The van der Waals surface area contributed by atoms with Gasteiger partial charge in [0.15, 0.2) is 6.10 Å². The van der Waals surface area contributed by atoms with E-state index in [1.165, 1.54) is 0 Å². The second kappa shape index (κ2) is 7.02. The van der Waals surface area contributed by atoms with E-state index >= 15 is 0 Å². The van der Waals surface area contributed by atoms with Crippen molar-refractivity contribution in [1.29, 1.82) is 0 Å². The molecule has 2 atom stereocenters. The lowest BCUT2D eigenvalue weighted by Gasteiger charge is -2.35. The minimum absolute atomic E-state index is 0.0235. The molecule has 23 heavy (non-hydrogen) atoms. The standard InChI is InChI=1S/C18H19ClN2O2/c1-21-10-11-23-17(18(21)22)16(13-6-5-7-14(19)12-13)20-15-8-3-2-4-9-15/h2-9,12,16-17,20H,10-11H2,1H3. The molecular weight excluding hydrogens is 312 g/mol. The number of amides is 1. The van der Waals surface area contributed by atoms with E-state index < -0.39 is 6.10 Å². The highest BCUT2D eigenvalue weighted by atomic mass is 35.5. The van der Waals surface area contributed by atoms with Crippen molar-refractivity contribution >= 4 is 23.2 Å². The summed E-state index contributed by atoms with van der Waals surface area (Å²) in [6.45, 7) is 1.14. The number of likely N-dealkylation sites (N-methyl/N-ethyl adjacent to an activating group) is 1. The van der Waals surface area contributed by atoms with Crippen LogP contribution < -0.4 is 5.32 Å². The van der Waals surface area contributed by atoms with Gasteiger partial charge in [-0.15, -0.1) is 0 Å². The van der Waals surface area contributed by atoms with Gasteiger partial charge in [-0.2, -0.15) is 0 Å². The van der Waals surface area contributed by atoms with Gasteiger partial charge in [0.05, 0.1) is 12.6 Å². The summed E-state index contributed by atoms with van der Waals surface area (Å²) in [5, 5.41) is 4.05. The molecule has 1 aliphatic heterocycles. The smallest absolute Gasteiger partial charge is 0.254 e. The molecule has 5 heteroatoms. The average molecular weight is 331 g/mol. The van der Waals surface area contributed by atoms with Crippen LogP contribution in [0.4, 0.5) is 5.69 Å². The first-order valence-electron chi connectivity index (χ1n) is 7.59. The molecule has 2 unspecified atom stereocenters. The molecule has 1 aliphatic rings. The quantitative estimate of drug-likeness (QED) is 0.934. The van der Waals surface area contributed by atoms with Crippen LogP contribution in [0.5, 0.6) is 0 Å². The molecule has 0 saturated carbocycles. The Kier molecular flexibility index (Phi) is 4.84. The van der Waals surface area contributed by atoms with E-state index in [1.54, 1.807) is 11.9 Å². The molecular formula is C18H19ClN2O2. The van der Waals surface area contributed by atoms with Gasteiger partial charge in [-0.3, -0.25) is 4.79 Å².